The fourth-order valence-corrected chi connectivity index (χ4v) is 1.13. The fourth-order valence-electron chi connectivity index (χ4n) is 1.13. The SMILES string of the molecule is C#Cc1ccc(OCC(C)C)c([N+](=O)[O-])c1. The van der Waals surface area contributed by atoms with Crippen LogP contribution < -0.4 is 4.74 Å². The van der Waals surface area contributed by atoms with Gasteiger partial charge in [-0.1, -0.05) is 19.8 Å². The van der Waals surface area contributed by atoms with E-state index in [1.807, 2.05) is 13.8 Å². The number of hydrogen-bond acceptors (Lipinski definition) is 3. The molecule has 4 nitrogen and oxygen atoms in total. The Kier molecular flexibility index (Phi) is 3.90. The predicted molar refractivity (Wildman–Crippen MR) is 61.4 cm³/mol. The van der Waals surface area contributed by atoms with Crippen LogP contribution in [0.3, 0.4) is 0 Å². The lowest BCUT2D eigenvalue weighted by molar-refractivity contribution is -0.385. The van der Waals surface area contributed by atoms with Crippen molar-refractivity contribution in [1.82, 2.24) is 0 Å². The molecule has 0 aromatic heterocycles. The molecule has 0 amide bonds. The summed E-state index contributed by atoms with van der Waals surface area (Å²) >= 11 is 0. The van der Waals surface area contributed by atoms with Crippen LogP contribution >= 0.6 is 0 Å². The predicted octanol–water partition coefficient (Wildman–Crippen LogP) is 2.61. The monoisotopic (exact) mass is 219 g/mol. The van der Waals surface area contributed by atoms with Gasteiger partial charge in [0.05, 0.1) is 11.5 Å². The minimum absolute atomic E-state index is 0.0869. The first kappa shape index (κ1) is 12.1. The van der Waals surface area contributed by atoms with E-state index in [0.29, 0.717) is 18.1 Å². The molecule has 1 aromatic rings. The quantitative estimate of drug-likeness (QED) is 0.444. The van der Waals surface area contributed by atoms with Crippen molar-refractivity contribution in [3.8, 4) is 18.1 Å². The van der Waals surface area contributed by atoms with E-state index in [2.05, 4.69) is 5.92 Å². The van der Waals surface area contributed by atoms with Crippen molar-refractivity contribution in [3.05, 3.63) is 33.9 Å². The van der Waals surface area contributed by atoms with Gasteiger partial charge in [0.1, 0.15) is 0 Å². The Balaban J connectivity index is 3.00. The molecule has 4 heteroatoms. The molecule has 0 bridgehead atoms. The number of ether oxygens (including phenoxy) is 1. The van der Waals surface area contributed by atoms with E-state index in [9.17, 15) is 10.1 Å². The molecule has 1 aromatic carbocycles. The average molecular weight is 219 g/mol. The minimum atomic E-state index is -0.490. The van der Waals surface area contributed by atoms with Gasteiger partial charge in [0, 0.05) is 11.6 Å². The average Bonchev–Trinajstić information content (AvgIpc) is 2.25. The summed E-state index contributed by atoms with van der Waals surface area (Å²) in [5, 5.41) is 10.8. The van der Waals surface area contributed by atoms with Gasteiger partial charge in [0.25, 0.3) is 0 Å². The van der Waals surface area contributed by atoms with E-state index in [1.54, 1.807) is 6.07 Å². The molecule has 0 heterocycles. The van der Waals surface area contributed by atoms with Crippen LogP contribution in [0.15, 0.2) is 18.2 Å². The number of benzene rings is 1. The second-order valence-corrected chi connectivity index (χ2v) is 3.79. The Morgan fingerprint density at radius 1 is 1.56 bits per heavy atom. The smallest absolute Gasteiger partial charge is 0.312 e. The molecule has 0 saturated heterocycles. The molecule has 84 valence electrons. The third-order valence-corrected chi connectivity index (χ3v) is 1.89. The van der Waals surface area contributed by atoms with Crippen molar-refractivity contribution in [2.24, 2.45) is 5.92 Å². The maximum atomic E-state index is 10.8. The third kappa shape index (κ3) is 2.99. The van der Waals surface area contributed by atoms with Crippen molar-refractivity contribution in [3.63, 3.8) is 0 Å². The number of hydrogen-bond donors (Lipinski definition) is 0. The van der Waals surface area contributed by atoms with E-state index < -0.39 is 4.92 Å². The molecule has 0 saturated carbocycles. The summed E-state index contributed by atoms with van der Waals surface area (Å²) in [4.78, 5) is 10.3. The molecule has 0 unspecified atom stereocenters. The van der Waals surface area contributed by atoms with Crippen molar-refractivity contribution in [2.45, 2.75) is 13.8 Å². The maximum absolute atomic E-state index is 10.8. The first-order valence-electron chi connectivity index (χ1n) is 4.92. The molecule has 1 rings (SSSR count). The van der Waals surface area contributed by atoms with E-state index >= 15 is 0 Å². The van der Waals surface area contributed by atoms with Gasteiger partial charge in [0.15, 0.2) is 5.75 Å². The lowest BCUT2D eigenvalue weighted by Gasteiger charge is -2.08. The van der Waals surface area contributed by atoms with E-state index in [-0.39, 0.29) is 11.4 Å². The van der Waals surface area contributed by atoms with Crippen LogP contribution in [0, 0.1) is 28.4 Å². The molecule has 0 radical (unpaired) electrons. The van der Waals surface area contributed by atoms with Crippen LogP contribution in [0.25, 0.3) is 0 Å². The molecule has 0 atom stereocenters. The summed E-state index contributed by atoms with van der Waals surface area (Å²) in [5.41, 5.74) is 0.389. The number of nitro groups is 1. The molecule has 0 aliphatic rings. The first-order chi connectivity index (χ1) is 7.54. The van der Waals surface area contributed by atoms with Gasteiger partial charge in [-0.2, -0.15) is 0 Å². The van der Waals surface area contributed by atoms with Crippen molar-refractivity contribution < 1.29 is 9.66 Å². The second kappa shape index (κ2) is 5.17. The zero-order valence-electron chi connectivity index (χ0n) is 9.27. The summed E-state index contributed by atoms with van der Waals surface area (Å²) in [5.74, 6) is 2.93. The zero-order valence-corrected chi connectivity index (χ0v) is 9.27. The largest absolute Gasteiger partial charge is 0.487 e. The van der Waals surface area contributed by atoms with E-state index in [4.69, 9.17) is 11.2 Å². The summed E-state index contributed by atoms with van der Waals surface area (Å²) in [6.07, 6.45) is 5.18. The van der Waals surface area contributed by atoms with Crippen molar-refractivity contribution in [1.29, 1.82) is 0 Å². The van der Waals surface area contributed by atoms with E-state index in [1.165, 1.54) is 12.1 Å². The highest BCUT2D eigenvalue weighted by Gasteiger charge is 2.15. The normalized spacial score (nSPS) is 9.88. The highest BCUT2D eigenvalue weighted by Crippen LogP contribution is 2.28. The van der Waals surface area contributed by atoms with Gasteiger partial charge in [-0.15, -0.1) is 6.42 Å². The Bertz CT molecular complexity index is 432. The lowest BCUT2D eigenvalue weighted by Crippen LogP contribution is -2.06. The van der Waals surface area contributed by atoms with Crippen molar-refractivity contribution >= 4 is 5.69 Å². The Morgan fingerprint density at radius 3 is 2.75 bits per heavy atom. The highest BCUT2D eigenvalue weighted by molar-refractivity contribution is 5.52. The van der Waals surface area contributed by atoms with Gasteiger partial charge in [0.2, 0.25) is 0 Å². The van der Waals surface area contributed by atoms with Gasteiger partial charge >= 0.3 is 5.69 Å². The van der Waals surface area contributed by atoms with Gasteiger partial charge in [-0.3, -0.25) is 10.1 Å². The summed E-state index contributed by atoms with van der Waals surface area (Å²) in [6.45, 7) is 4.39. The molecule has 0 spiro atoms. The highest BCUT2D eigenvalue weighted by atomic mass is 16.6. The van der Waals surface area contributed by atoms with Crippen LogP contribution in [0.5, 0.6) is 5.75 Å². The number of terminal acetylenes is 1. The van der Waals surface area contributed by atoms with Crippen molar-refractivity contribution in [2.75, 3.05) is 6.61 Å². The Labute approximate surface area is 94.4 Å². The topological polar surface area (TPSA) is 52.4 Å². The maximum Gasteiger partial charge on any atom is 0.312 e. The number of rotatable bonds is 4. The van der Waals surface area contributed by atoms with Gasteiger partial charge < -0.3 is 4.74 Å². The van der Waals surface area contributed by atoms with Crippen LogP contribution in [-0.2, 0) is 0 Å². The molecular formula is C12H13NO3. The van der Waals surface area contributed by atoms with Crippen LogP contribution in [0.2, 0.25) is 0 Å². The van der Waals surface area contributed by atoms with Crippen LogP contribution in [0.1, 0.15) is 19.4 Å². The van der Waals surface area contributed by atoms with Gasteiger partial charge in [-0.25, -0.2) is 0 Å². The van der Waals surface area contributed by atoms with Crippen LogP contribution in [-0.4, -0.2) is 11.5 Å². The summed E-state index contributed by atoms with van der Waals surface area (Å²) in [7, 11) is 0. The molecule has 16 heavy (non-hydrogen) atoms. The number of nitrogens with zero attached hydrogens (tertiary/aromatic N) is 1. The number of nitro benzene ring substituents is 1. The Hall–Kier alpha value is -2.02. The minimum Gasteiger partial charge on any atom is -0.487 e. The molecule has 0 fully saturated rings. The first-order valence-corrected chi connectivity index (χ1v) is 4.92. The fraction of sp³-hybridized carbons (Fsp3) is 0.333. The Morgan fingerprint density at radius 2 is 2.25 bits per heavy atom. The van der Waals surface area contributed by atoms with E-state index in [0.717, 1.165) is 0 Å². The molecular weight excluding hydrogens is 206 g/mol. The summed E-state index contributed by atoms with van der Waals surface area (Å²) < 4.78 is 5.35. The molecule has 0 N–H and O–H groups in total. The van der Waals surface area contributed by atoms with Crippen LogP contribution in [0.4, 0.5) is 5.69 Å². The zero-order chi connectivity index (χ0) is 12.1. The molecule has 0 aliphatic carbocycles. The lowest BCUT2D eigenvalue weighted by atomic mass is 10.2. The van der Waals surface area contributed by atoms with Gasteiger partial charge in [-0.05, 0) is 18.1 Å². The second-order valence-electron chi connectivity index (χ2n) is 3.79. The molecule has 0 aliphatic heterocycles. The third-order valence-electron chi connectivity index (χ3n) is 1.89. The summed E-state index contributed by atoms with van der Waals surface area (Å²) in [6, 6.07) is 4.51. The standard InChI is InChI=1S/C12H13NO3/c1-4-10-5-6-12(16-8-9(2)3)11(7-10)13(14)15/h1,5-7,9H,8H2,2-3H3.